The topological polar surface area (TPSA) is 59.6 Å². The van der Waals surface area contributed by atoms with Gasteiger partial charge in [-0.1, -0.05) is 18.2 Å². The number of hydrogen-bond donors (Lipinski definition) is 2. The van der Waals surface area contributed by atoms with Gasteiger partial charge in [-0.3, -0.25) is 0 Å². The van der Waals surface area contributed by atoms with Gasteiger partial charge < -0.3 is 20.1 Å². The second-order valence-corrected chi connectivity index (χ2v) is 5.87. The number of amides is 2. The minimum absolute atomic E-state index is 0.135. The first kappa shape index (κ1) is 16.6. The van der Waals surface area contributed by atoms with Gasteiger partial charge in [-0.25, -0.2) is 4.79 Å². The lowest BCUT2D eigenvalue weighted by Crippen LogP contribution is -2.46. The first-order valence-corrected chi connectivity index (χ1v) is 7.91. The Kier molecular flexibility index (Phi) is 6.07. The second-order valence-electron chi connectivity index (χ2n) is 5.87. The normalized spacial score (nSPS) is 21.2. The Morgan fingerprint density at radius 1 is 1.36 bits per heavy atom. The standard InChI is InChI=1S/C17H26N2O3/c1-12-5-4-6-13(2)16(12)22-10-8-18-17(20)19-15-7-9-21-14(3)11-15/h4-6,14-15H,7-11H2,1-3H3,(H2,18,19,20)/t14-,15+/m0/s1. The first-order valence-electron chi connectivity index (χ1n) is 7.91. The van der Waals surface area contributed by atoms with Gasteiger partial charge in [0.15, 0.2) is 0 Å². The minimum Gasteiger partial charge on any atom is -0.491 e. The third-order valence-corrected chi connectivity index (χ3v) is 3.86. The maximum Gasteiger partial charge on any atom is 0.315 e. The molecule has 1 saturated heterocycles. The second kappa shape index (κ2) is 8.03. The molecule has 2 atom stereocenters. The fraction of sp³-hybridized carbons (Fsp3) is 0.588. The maximum absolute atomic E-state index is 11.8. The van der Waals surface area contributed by atoms with E-state index in [2.05, 4.69) is 10.6 Å². The fourth-order valence-electron chi connectivity index (χ4n) is 2.71. The van der Waals surface area contributed by atoms with Crippen molar-refractivity contribution in [1.82, 2.24) is 10.6 Å². The molecule has 0 unspecified atom stereocenters. The molecule has 0 saturated carbocycles. The lowest BCUT2D eigenvalue weighted by Gasteiger charge is -2.27. The highest BCUT2D eigenvalue weighted by atomic mass is 16.5. The molecule has 1 aromatic carbocycles. The molecule has 1 aliphatic rings. The van der Waals surface area contributed by atoms with Crippen LogP contribution in [0.2, 0.25) is 0 Å². The Morgan fingerprint density at radius 2 is 2.09 bits per heavy atom. The summed E-state index contributed by atoms with van der Waals surface area (Å²) in [7, 11) is 0. The third kappa shape index (κ3) is 4.91. The molecule has 0 radical (unpaired) electrons. The monoisotopic (exact) mass is 306 g/mol. The summed E-state index contributed by atoms with van der Waals surface area (Å²) >= 11 is 0. The molecule has 1 aromatic rings. The van der Waals surface area contributed by atoms with Crippen molar-refractivity contribution in [2.75, 3.05) is 19.8 Å². The van der Waals surface area contributed by atoms with Gasteiger partial charge in [0, 0.05) is 12.6 Å². The minimum atomic E-state index is -0.135. The number of aryl methyl sites for hydroxylation is 2. The quantitative estimate of drug-likeness (QED) is 0.822. The zero-order chi connectivity index (χ0) is 15.9. The van der Waals surface area contributed by atoms with Crippen LogP contribution in [0.15, 0.2) is 18.2 Å². The average molecular weight is 306 g/mol. The summed E-state index contributed by atoms with van der Waals surface area (Å²) in [6.07, 6.45) is 1.95. The summed E-state index contributed by atoms with van der Waals surface area (Å²) in [6.45, 7) is 7.73. The van der Waals surface area contributed by atoms with Crippen molar-refractivity contribution in [2.24, 2.45) is 0 Å². The van der Waals surface area contributed by atoms with E-state index < -0.39 is 0 Å². The van der Waals surface area contributed by atoms with E-state index in [1.54, 1.807) is 0 Å². The predicted octanol–water partition coefficient (Wildman–Crippen LogP) is 2.55. The molecule has 0 bridgehead atoms. The van der Waals surface area contributed by atoms with Crippen LogP contribution in [0.3, 0.4) is 0 Å². The Labute approximate surface area is 132 Å². The molecule has 0 aliphatic carbocycles. The van der Waals surface area contributed by atoms with Crippen molar-refractivity contribution in [2.45, 2.75) is 45.8 Å². The lowest BCUT2D eigenvalue weighted by molar-refractivity contribution is 0.0154. The summed E-state index contributed by atoms with van der Waals surface area (Å²) in [5.41, 5.74) is 2.22. The molecule has 1 aliphatic heterocycles. The Hall–Kier alpha value is -1.75. The molecule has 122 valence electrons. The van der Waals surface area contributed by atoms with E-state index in [-0.39, 0.29) is 18.2 Å². The first-order chi connectivity index (χ1) is 10.6. The Balaban J connectivity index is 1.67. The van der Waals surface area contributed by atoms with Crippen molar-refractivity contribution in [3.8, 4) is 5.75 Å². The van der Waals surface area contributed by atoms with E-state index in [0.29, 0.717) is 19.8 Å². The number of hydrogen-bond acceptors (Lipinski definition) is 3. The van der Waals surface area contributed by atoms with Crippen molar-refractivity contribution in [3.05, 3.63) is 29.3 Å². The van der Waals surface area contributed by atoms with Gasteiger partial charge in [-0.15, -0.1) is 0 Å². The summed E-state index contributed by atoms with van der Waals surface area (Å²) < 4.78 is 11.2. The Bertz CT molecular complexity index is 484. The SMILES string of the molecule is Cc1cccc(C)c1OCCNC(=O)N[C@@H]1CCO[C@@H](C)C1. The van der Waals surface area contributed by atoms with Crippen LogP contribution in [-0.2, 0) is 4.74 Å². The van der Waals surface area contributed by atoms with Crippen LogP contribution in [-0.4, -0.2) is 37.9 Å². The molecule has 0 spiro atoms. The molecule has 5 heteroatoms. The highest BCUT2D eigenvalue weighted by Crippen LogP contribution is 2.21. The molecule has 1 fully saturated rings. The molecular formula is C17H26N2O3. The molecule has 2 rings (SSSR count). The highest BCUT2D eigenvalue weighted by Gasteiger charge is 2.20. The summed E-state index contributed by atoms with van der Waals surface area (Å²) in [6, 6.07) is 6.12. The predicted molar refractivity (Wildman–Crippen MR) is 86.4 cm³/mol. The molecule has 22 heavy (non-hydrogen) atoms. The lowest BCUT2D eigenvalue weighted by atomic mass is 10.0. The number of nitrogens with one attached hydrogen (secondary N) is 2. The van der Waals surface area contributed by atoms with Crippen molar-refractivity contribution in [3.63, 3.8) is 0 Å². The van der Waals surface area contributed by atoms with Crippen LogP contribution in [0.25, 0.3) is 0 Å². The number of rotatable bonds is 5. The van der Waals surface area contributed by atoms with Crippen LogP contribution in [0, 0.1) is 13.8 Å². The number of benzene rings is 1. The van der Waals surface area contributed by atoms with Crippen molar-refractivity contribution < 1.29 is 14.3 Å². The van der Waals surface area contributed by atoms with Gasteiger partial charge in [-0.2, -0.15) is 0 Å². The van der Waals surface area contributed by atoms with E-state index in [9.17, 15) is 4.79 Å². The van der Waals surface area contributed by atoms with Crippen LogP contribution in [0.5, 0.6) is 5.75 Å². The zero-order valence-electron chi connectivity index (χ0n) is 13.6. The van der Waals surface area contributed by atoms with Gasteiger partial charge in [0.25, 0.3) is 0 Å². The number of carbonyl (C=O) groups is 1. The summed E-state index contributed by atoms with van der Waals surface area (Å²) in [5, 5.41) is 5.82. The molecule has 0 aromatic heterocycles. The number of urea groups is 1. The average Bonchev–Trinajstić information content (AvgIpc) is 2.46. The van der Waals surface area contributed by atoms with Gasteiger partial charge in [0.05, 0.1) is 12.6 Å². The molecule has 2 amide bonds. The van der Waals surface area contributed by atoms with Crippen LogP contribution >= 0.6 is 0 Å². The smallest absolute Gasteiger partial charge is 0.315 e. The summed E-state index contributed by atoms with van der Waals surface area (Å²) in [4.78, 5) is 11.8. The van der Waals surface area contributed by atoms with Crippen molar-refractivity contribution in [1.29, 1.82) is 0 Å². The molecular weight excluding hydrogens is 280 g/mol. The van der Waals surface area contributed by atoms with Crippen LogP contribution < -0.4 is 15.4 Å². The third-order valence-electron chi connectivity index (χ3n) is 3.86. The van der Waals surface area contributed by atoms with E-state index in [1.807, 2.05) is 39.0 Å². The zero-order valence-corrected chi connectivity index (χ0v) is 13.6. The number of ether oxygens (including phenoxy) is 2. The Morgan fingerprint density at radius 3 is 2.77 bits per heavy atom. The van der Waals surface area contributed by atoms with Crippen molar-refractivity contribution >= 4 is 6.03 Å². The van der Waals surface area contributed by atoms with E-state index >= 15 is 0 Å². The largest absolute Gasteiger partial charge is 0.491 e. The maximum atomic E-state index is 11.8. The van der Waals surface area contributed by atoms with Gasteiger partial charge in [0.2, 0.25) is 0 Å². The number of carbonyl (C=O) groups excluding carboxylic acids is 1. The number of para-hydroxylation sites is 1. The van der Waals surface area contributed by atoms with Gasteiger partial charge in [-0.05, 0) is 44.7 Å². The highest BCUT2D eigenvalue weighted by molar-refractivity contribution is 5.74. The molecule has 5 nitrogen and oxygen atoms in total. The molecule has 1 heterocycles. The molecule has 2 N–H and O–H groups in total. The van der Waals surface area contributed by atoms with Gasteiger partial charge in [0.1, 0.15) is 12.4 Å². The van der Waals surface area contributed by atoms with E-state index in [4.69, 9.17) is 9.47 Å². The van der Waals surface area contributed by atoms with Crippen LogP contribution in [0.4, 0.5) is 4.79 Å². The van der Waals surface area contributed by atoms with E-state index in [0.717, 1.165) is 29.7 Å². The van der Waals surface area contributed by atoms with Crippen LogP contribution in [0.1, 0.15) is 30.9 Å². The fourth-order valence-corrected chi connectivity index (χ4v) is 2.71. The van der Waals surface area contributed by atoms with Gasteiger partial charge >= 0.3 is 6.03 Å². The summed E-state index contributed by atoms with van der Waals surface area (Å²) in [5.74, 6) is 0.906. The van der Waals surface area contributed by atoms with E-state index in [1.165, 1.54) is 0 Å².